The number of aromatic nitrogens is 1. The van der Waals surface area contributed by atoms with Gasteiger partial charge in [-0.25, -0.2) is 0 Å². The number of carbonyl (C=O) groups excluding carboxylic acids is 1. The lowest BCUT2D eigenvalue weighted by Crippen LogP contribution is -2.37. The van der Waals surface area contributed by atoms with Crippen molar-refractivity contribution in [1.82, 2.24) is 4.98 Å². The van der Waals surface area contributed by atoms with E-state index in [0.717, 1.165) is 36.8 Å². The van der Waals surface area contributed by atoms with Crippen molar-refractivity contribution in [3.8, 4) is 5.75 Å². The van der Waals surface area contributed by atoms with E-state index in [2.05, 4.69) is 36.8 Å². The molecule has 5 rings (SSSR count). The lowest BCUT2D eigenvalue weighted by molar-refractivity contribution is -0.141. The Morgan fingerprint density at radius 3 is 2.68 bits per heavy atom. The van der Waals surface area contributed by atoms with Crippen molar-refractivity contribution in [2.75, 3.05) is 0 Å². The van der Waals surface area contributed by atoms with Crippen LogP contribution in [0.5, 0.6) is 5.75 Å². The summed E-state index contributed by atoms with van der Waals surface area (Å²) in [6.45, 7) is 0. The number of halogens is 3. The number of nitrogens with one attached hydrogen (secondary N) is 1. The van der Waals surface area contributed by atoms with E-state index >= 15 is 0 Å². The fraction of sp³-hybridized carbons (Fsp3) is 0.158. The van der Waals surface area contributed by atoms with Crippen molar-refractivity contribution in [3.05, 3.63) is 76.0 Å². The van der Waals surface area contributed by atoms with E-state index in [1.807, 2.05) is 36.4 Å². The molecule has 1 aromatic heterocycles. The Bertz CT molecular complexity index is 1190. The SMILES string of the molecule is O=C1Oc2c(Br)cc(Br)cc2[C@@H]2c3sc(=O)[nH]c3S[C@@H](c3ccccc3Cl)[C@H]12. The minimum absolute atomic E-state index is 0.134. The average molecular weight is 560 g/mol. The molecule has 3 atom stereocenters. The van der Waals surface area contributed by atoms with Gasteiger partial charge in [0.15, 0.2) is 0 Å². The number of hydrogen-bond acceptors (Lipinski definition) is 5. The number of esters is 1. The lowest BCUT2D eigenvalue weighted by atomic mass is 9.78. The number of ether oxygens (including phenoxy) is 1. The monoisotopic (exact) mass is 557 g/mol. The molecule has 0 spiro atoms. The molecular formula is C19H10Br2ClNO3S2. The smallest absolute Gasteiger partial charge is 0.316 e. The van der Waals surface area contributed by atoms with E-state index in [0.29, 0.717) is 15.2 Å². The molecule has 0 aliphatic carbocycles. The molecule has 2 aliphatic rings. The van der Waals surface area contributed by atoms with Crippen molar-refractivity contribution in [2.24, 2.45) is 5.92 Å². The van der Waals surface area contributed by atoms with Crippen LogP contribution in [0.1, 0.15) is 27.2 Å². The Hall–Kier alpha value is -1.06. The third-order valence-corrected chi connectivity index (χ3v) is 8.76. The quantitative estimate of drug-likeness (QED) is 0.288. The average Bonchev–Trinajstić information content (AvgIpc) is 3.02. The summed E-state index contributed by atoms with van der Waals surface area (Å²) in [6, 6.07) is 11.3. The van der Waals surface area contributed by atoms with Gasteiger partial charge in [-0.3, -0.25) is 9.59 Å². The number of thiazole rings is 1. The Kier molecular flexibility index (Phi) is 4.75. The van der Waals surface area contributed by atoms with E-state index in [-0.39, 0.29) is 22.0 Å². The maximum Gasteiger partial charge on any atom is 0.316 e. The second-order valence-corrected chi connectivity index (χ2v) is 10.8. The van der Waals surface area contributed by atoms with E-state index in [9.17, 15) is 9.59 Å². The molecule has 3 heterocycles. The minimum atomic E-state index is -0.488. The second kappa shape index (κ2) is 7.02. The number of H-pyrrole nitrogens is 1. The first-order chi connectivity index (χ1) is 13.4. The molecule has 0 fully saturated rings. The number of aromatic amines is 1. The highest BCUT2D eigenvalue weighted by Crippen LogP contribution is 2.60. The molecule has 0 saturated heterocycles. The number of thioether (sulfide) groups is 1. The van der Waals surface area contributed by atoms with E-state index in [1.165, 1.54) is 11.8 Å². The first-order valence-corrected chi connectivity index (χ1v) is 11.9. The van der Waals surface area contributed by atoms with Crippen LogP contribution in [0.4, 0.5) is 0 Å². The van der Waals surface area contributed by atoms with Crippen LogP contribution in [0.2, 0.25) is 5.02 Å². The van der Waals surface area contributed by atoms with Crippen LogP contribution in [-0.4, -0.2) is 11.0 Å². The van der Waals surface area contributed by atoms with Crippen molar-refractivity contribution in [3.63, 3.8) is 0 Å². The number of hydrogen-bond donors (Lipinski definition) is 1. The summed E-state index contributed by atoms with van der Waals surface area (Å²) in [6.07, 6.45) is 0. The third-order valence-electron chi connectivity index (χ3n) is 4.91. The van der Waals surface area contributed by atoms with Gasteiger partial charge in [0.05, 0.1) is 20.7 Å². The zero-order chi connectivity index (χ0) is 19.6. The molecule has 0 bridgehead atoms. The Balaban J connectivity index is 1.78. The summed E-state index contributed by atoms with van der Waals surface area (Å²) in [4.78, 5) is 29.0. The molecule has 2 aliphatic heterocycles. The molecule has 1 N–H and O–H groups in total. The molecule has 142 valence electrons. The fourth-order valence-corrected chi connectivity index (χ4v) is 8.09. The normalized spacial score (nSPS) is 22.8. The van der Waals surface area contributed by atoms with Gasteiger partial charge < -0.3 is 9.72 Å². The highest BCUT2D eigenvalue weighted by Gasteiger charge is 2.50. The molecule has 9 heteroatoms. The molecule has 0 amide bonds. The van der Waals surface area contributed by atoms with Crippen LogP contribution in [0.25, 0.3) is 0 Å². The lowest BCUT2D eigenvalue weighted by Gasteiger charge is -2.40. The number of carbonyl (C=O) groups is 1. The first kappa shape index (κ1) is 18.9. The van der Waals surface area contributed by atoms with Gasteiger partial charge in [0, 0.05) is 25.9 Å². The van der Waals surface area contributed by atoms with Gasteiger partial charge in [0.1, 0.15) is 5.75 Å². The van der Waals surface area contributed by atoms with Gasteiger partial charge in [-0.15, -0.1) is 0 Å². The van der Waals surface area contributed by atoms with Gasteiger partial charge in [-0.1, -0.05) is 68.8 Å². The topological polar surface area (TPSA) is 59.2 Å². The summed E-state index contributed by atoms with van der Waals surface area (Å²) >= 11 is 16.1. The first-order valence-electron chi connectivity index (χ1n) is 8.28. The van der Waals surface area contributed by atoms with Crippen molar-refractivity contribution in [1.29, 1.82) is 0 Å². The standard InChI is InChI=1S/C19H10Br2ClNO3S2/c20-7-5-9-12-13(18(24)26-14(9)10(21)6-7)15(8-3-1-2-4-11(8)22)27-17-16(12)28-19(25)23-17/h1-6,12-13,15H,(H,23,25)/t12-,13+,15-/m0/s1. The van der Waals surface area contributed by atoms with E-state index in [4.69, 9.17) is 16.3 Å². The number of benzene rings is 2. The van der Waals surface area contributed by atoms with Gasteiger partial charge >= 0.3 is 10.8 Å². The summed E-state index contributed by atoms with van der Waals surface area (Å²) in [5.41, 5.74) is 1.73. The molecule has 0 radical (unpaired) electrons. The molecular weight excluding hydrogens is 550 g/mol. The zero-order valence-corrected chi connectivity index (χ0v) is 19.4. The van der Waals surface area contributed by atoms with Gasteiger partial charge in [0.2, 0.25) is 0 Å². The minimum Gasteiger partial charge on any atom is -0.425 e. The molecule has 3 aromatic rings. The van der Waals surface area contributed by atoms with Gasteiger partial charge in [0.25, 0.3) is 0 Å². The second-order valence-electron chi connectivity index (χ2n) is 6.50. The maximum absolute atomic E-state index is 13.1. The van der Waals surface area contributed by atoms with Crippen molar-refractivity contribution < 1.29 is 9.53 Å². The van der Waals surface area contributed by atoms with Crippen molar-refractivity contribution >= 4 is 72.5 Å². The maximum atomic E-state index is 13.1. The molecule has 0 saturated carbocycles. The predicted molar refractivity (Wildman–Crippen MR) is 118 cm³/mol. The molecule has 0 unspecified atom stereocenters. The summed E-state index contributed by atoms with van der Waals surface area (Å²) in [5, 5.41) is 1.11. The molecule has 2 aromatic carbocycles. The Morgan fingerprint density at radius 1 is 1.11 bits per heavy atom. The molecule has 4 nitrogen and oxygen atoms in total. The Morgan fingerprint density at radius 2 is 1.89 bits per heavy atom. The number of rotatable bonds is 1. The van der Waals surface area contributed by atoms with Crippen LogP contribution in [0.15, 0.2) is 55.2 Å². The van der Waals surface area contributed by atoms with Crippen LogP contribution in [0.3, 0.4) is 0 Å². The highest BCUT2D eigenvalue weighted by atomic mass is 79.9. The largest absolute Gasteiger partial charge is 0.425 e. The Labute approximate surface area is 189 Å². The summed E-state index contributed by atoms with van der Waals surface area (Å²) in [7, 11) is 0. The van der Waals surface area contributed by atoms with Crippen LogP contribution in [-0.2, 0) is 4.79 Å². The summed E-state index contributed by atoms with van der Waals surface area (Å²) < 4.78 is 7.32. The van der Waals surface area contributed by atoms with Crippen LogP contribution < -0.4 is 9.61 Å². The van der Waals surface area contributed by atoms with Crippen LogP contribution >= 0.6 is 66.6 Å². The highest BCUT2D eigenvalue weighted by molar-refractivity contribution is 9.11. The predicted octanol–water partition coefficient (Wildman–Crippen LogP) is 6.13. The van der Waals surface area contributed by atoms with Gasteiger partial charge in [-0.2, -0.15) is 0 Å². The van der Waals surface area contributed by atoms with Gasteiger partial charge in [-0.05, 0) is 39.7 Å². The fourth-order valence-electron chi connectivity index (χ4n) is 3.80. The van der Waals surface area contributed by atoms with E-state index in [1.54, 1.807) is 0 Å². The number of fused-ring (bicyclic) bond motifs is 5. The van der Waals surface area contributed by atoms with Crippen molar-refractivity contribution in [2.45, 2.75) is 16.2 Å². The van der Waals surface area contributed by atoms with Crippen LogP contribution in [0, 0.1) is 5.92 Å². The summed E-state index contributed by atoms with van der Waals surface area (Å²) in [5.74, 6) is -0.584. The van der Waals surface area contributed by atoms with E-state index < -0.39 is 5.92 Å². The molecule has 28 heavy (non-hydrogen) atoms. The third kappa shape index (κ3) is 2.92. The zero-order valence-electron chi connectivity index (χ0n) is 13.9.